The van der Waals surface area contributed by atoms with Gasteiger partial charge in [-0.3, -0.25) is 9.59 Å². The van der Waals surface area contributed by atoms with E-state index in [2.05, 4.69) is 28.7 Å². The molecule has 1 aliphatic carbocycles. The summed E-state index contributed by atoms with van der Waals surface area (Å²) in [6.07, 6.45) is 1.86. The second-order valence-electron chi connectivity index (χ2n) is 5.40. The zero-order valence-electron chi connectivity index (χ0n) is 11.7. The lowest BCUT2D eigenvalue weighted by atomic mass is 9.68. The fourth-order valence-electron chi connectivity index (χ4n) is 2.36. The third kappa shape index (κ3) is 2.68. The molecule has 0 bridgehead atoms. The van der Waals surface area contributed by atoms with Crippen molar-refractivity contribution >= 4 is 34.5 Å². The summed E-state index contributed by atoms with van der Waals surface area (Å²) in [6, 6.07) is 4.08. The molecule has 2 rings (SSSR count). The van der Waals surface area contributed by atoms with Gasteiger partial charge in [0.1, 0.15) is 12.0 Å². The molecular weight excluding hydrogens is 369 g/mol. The predicted octanol–water partition coefficient (Wildman–Crippen LogP) is 2.61. The van der Waals surface area contributed by atoms with Gasteiger partial charge in [-0.15, -0.1) is 0 Å². The van der Waals surface area contributed by atoms with Crippen LogP contribution in [0.1, 0.15) is 36.0 Å². The Bertz CT molecular complexity index is 564. The lowest BCUT2D eigenvalue weighted by molar-refractivity contribution is -0.167. The first kappa shape index (κ1) is 15.3. The molecule has 0 heterocycles. The van der Waals surface area contributed by atoms with Crippen LogP contribution in [0.3, 0.4) is 0 Å². The summed E-state index contributed by atoms with van der Waals surface area (Å²) >= 11 is 2.28. The first-order chi connectivity index (χ1) is 9.36. The van der Waals surface area contributed by atoms with Crippen molar-refractivity contribution in [2.45, 2.75) is 39.7 Å². The van der Waals surface area contributed by atoms with Crippen LogP contribution in [0.15, 0.2) is 12.1 Å². The molecule has 108 valence electrons. The minimum atomic E-state index is -1.08. The Morgan fingerprint density at radius 2 is 1.95 bits per heavy atom. The van der Waals surface area contributed by atoms with Crippen LogP contribution in [0.2, 0.25) is 0 Å². The highest BCUT2D eigenvalue weighted by Gasteiger charge is 2.51. The average molecular weight is 387 g/mol. The first-order valence-corrected chi connectivity index (χ1v) is 7.67. The maximum atomic E-state index is 12.1. The molecule has 0 spiro atoms. The molecule has 0 aliphatic heterocycles. The Morgan fingerprint density at radius 1 is 1.30 bits per heavy atom. The third-order valence-electron chi connectivity index (χ3n) is 4.05. The molecule has 1 aliphatic rings. The Balaban J connectivity index is 2.07. The number of carbonyl (C=O) groups is 2. The van der Waals surface area contributed by atoms with Crippen LogP contribution >= 0.6 is 22.6 Å². The number of rotatable bonds is 4. The second-order valence-corrected chi connectivity index (χ2v) is 6.57. The fraction of sp³-hybridized carbons (Fsp3) is 0.467. The quantitative estimate of drug-likeness (QED) is 0.491. The monoisotopic (exact) mass is 387 g/mol. The molecule has 5 heteroatoms. The third-order valence-corrected chi connectivity index (χ3v) is 5.21. The van der Waals surface area contributed by atoms with Crippen LogP contribution in [-0.4, -0.2) is 11.9 Å². The second kappa shape index (κ2) is 5.71. The molecule has 1 saturated carbocycles. The van der Waals surface area contributed by atoms with Crippen molar-refractivity contribution in [3.8, 4) is 0 Å². The number of primary amides is 1. The van der Waals surface area contributed by atoms with Crippen molar-refractivity contribution < 1.29 is 14.3 Å². The zero-order chi connectivity index (χ0) is 14.9. The molecule has 0 aromatic heterocycles. The highest BCUT2D eigenvalue weighted by Crippen LogP contribution is 2.42. The molecule has 1 fully saturated rings. The van der Waals surface area contributed by atoms with Crippen molar-refractivity contribution in [3.05, 3.63) is 32.4 Å². The van der Waals surface area contributed by atoms with Gasteiger partial charge in [-0.2, -0.15) is 0 Å². The van der Waals surface area contributed by atoms with E-state index in [1.807, 2.05) is 19.9 Å². The standard InChI is InChI=1S/C15H18INO3/c1-9-7-12(16)10(2)6-11(9)8-20-14(19)15(13(17)18)4-3-5-15/h6-7H,3-5,8H2,1-2H3,(H2,17,18). The minimum Gasteiger partial charge on any atom is -0.460 e. The van der Waals surface area contributed by atoms with Gasteiger partial charge in [0.05, 0.1) is 0 Å². The smallest absolute Gasteiger partial charge is 0.321 e. The maximum absolute atomic E-state index is 12.1. The van der Waals surface area contributed by atoms with Gasteiger partial charge in [-0.05, 0) is 72.0 Å². The van der Waals surface area contributed by atoms with Crippen LogP contribution in [0, 0.1) is 22.8 Å². The zero-order valence-corrected chi connectivity index (χ0v) is 13.8. The van der Waals surface area contributed by atoms with E-state index in [1.165, 1.54) is 3.57 Å². The van der Waals surface area contributed by atoms with E-state index >= 15 is 0 Å². The number of aryl methyl sites for hydroxylation is 2. The number of carbonyl (C=O) groups excluding carboxylic acids is 2. The van der Waals surface area contributed by atoms with Gasteiger partial charge >= 0.3 is 5.97 Å². The van der Waals surface area contributed by atoms with E-state index in [9.17, 15) is 9.59 Å². The van der Waals surface area contributed by atoms with E-state index in [-0.39, 0.29) is 6.61 Å². The SMILES string of the molecule is Cc1cc(COC(=O)C2(C(N)=O)CCC2)c(C)cc1I. The maximum Gasteiger partial charge on any atom is 0.321 e. The van der Waals surface area contributed by atoms with E-state index in [0.717, 1.165) is 23.1 Å². The number of benzene rings is 1. The summed E-state index contributed by atoms with van der Waals surface area (Å²) in [5.41, 5.74) is 7.45. The lowest BCUT2D eigenvalue weighted by Crippen LogP contribution is -2.49. The Hall–Kier alpha value is -1.11. The molecule has 0 saturated heterocycles. The first-order valence-electron chi connectivity index (χ1n) is 6.59. The highest BCUT2D eigenvalue weighted by atomic mass is 127. The number of nitrogens with two attached hydrogens (primary N) is 1. The summed E-state index contributed by atoms with van der Waals surface area (Å²) in [4.78, 5) is 23.5. The van der Waals surface area contributed by atoms with E-state index < -0.39 is 17.3 Å². The summed E-state index contributed by atoms with van der Waals surface area (Å²) in [6.45, 7) is 4.19. The van der Waals surface area contributed by atoms with Gasteiger partial charge in [-0.1, -0.05) is 12.5 Å². The summed E-state index contributed by atoms with van der Waals surface area (Å²) in [5, 5.41) is 0. The number of amides is 1. The molecule has 0 atom stereocenters. The molecule has 1 aromatic carbocycles. The van der Waals surface area contributed by atoms with E-state index in [1.54, 1.807) is 0 Å². The molecule has 20 heavy (non-hydrogen) atoms. The molecular formula is C15H18INO3. The fourth-order valence-corrected chi connectivity index (χ4v) is 2.98. The number of hydrogen-bond donors (Lipinski definition) is 1. The number of esters is 1. The van der Waals surface area contributed by atoms with Crippen molar-refractivity contribution in [1.82, 2.24) is 0 Å². The Labute approximate surface area is 132 Å². The number of hydrogen-bond acceptors (Lipinski definition) is 3. The normalized spacial score (nSPS) is 16.4. The van der Waals surface area contributed by atoms with Crippen LogP contribution in [0.5, 0.6) is 0 Å². The number of ether oxygens (including phenoxy) is 1. The van der Waals surface area contributed by atoms with Crippen LogP contribution in [0.4, 0.5) is 0 Å². The topological polar surface area (TPSA) is 69.4 Å². The summed E-state index contributed by atoms with van der Waals surface area (Å²) < 4.78 is 6.51. The molecule has 1 amide bonds. The van der Waals surface area contributed by atoms with Crippen molar-refractivity contribution in [3.63, 3.8) is 0 Å². The average Bonchev–Trinajstić information content (AvgIpc) is 2.30. The van der Waals surface area contributed by atoms with Gasteiger partial charge in [0.2, 0.25) is 5.91 Å². The van der Waals surface area contributed by atoms with E-state index in [4.69, 9.17) is 10.5 Å². The van der Waals surface area contributed by atoms with Gasteiger partial charge in [0.25, 0.3) is 0 Å². The van der Waals surface area contributed by atoms with Crippen LogP contribution in [-0.2, 0) is 20.9 Å². The highest BCUT2D eigenvalue weighted by molar-refractivity contribution is 14.1. The Kier molecular flexibility index (Phi) is 4.36. The van der Waals surface area contributed by atoms with Gasteiger partial charge in [-0.25, -0.2) is 0 Å². The van der Waals surface area contributed by atoms with Gasteiger partial charge in [0.15, 0.2) is 0 Å². The van der Waals surface area contributed by atoms with Gasteiger partial charge < -0.3 is 10.5 Å². The van der Waals surface area contributed by atoms with Crippen LogP contribution < -0.4 is 5.73 Å². The number of halogens is 1. The van der Waals surface area contributed by atoms with Crippen LogP contribution in [0.25, 0.3) is 0 Å². The van der Waals surface area contributed by atoms with Gasteiger partial charge in [0, 0.05) is 3.57 Å². The van der Waals surface area contributed by atoms with Crippen molar-refractivity contribution in [2.75, 3.05) is 0 Å². The van der Waals surface area contributed by atoms with Crippen molar-refractivity contribution in [2.24, 2.45) is 11.1 Å². The Morgan fingerprint density at radius 3 is 2.45 bits per heavy atom. The minimum absolute atomic E-state index is 0.192. The molecule has 4 nitrogen and oxygen atoms in total. The summed E-state index contributed by atoms with van der Waals surface area (Å²) in [5.74, 6) is -1.05. The lowest BCUT2D eigenvalue weighted by Gasteiger charge is -2.35. The molecule has 0 unspecified atom stereocenters. The molecule has 2 N–H and O–H groups in total. The van der Waals surface area contributed by atoms with E-state index in [0.29, 0.717) is 12.8 Å². The molecule has 1 aromatic rings. The van der Waals surface area contributed by atoms with Crippen molar-refractivity contribution in [1.29, 1.82) is 0 Å². The summed E-state index contributed by atoms with van der Waals surface area (Å²) in [7, 11) is 0. The predicted molar refractivity (Wildman–Crippen MR) is 83.9 cm³/mol. The largest absolute Gasteiger partial charge is 0.460 e. The molecule has 0 radical (unpaired) electrons.